The first-order valence-electron chi connectivity index (χ1n) is 17.1. The molecule has 6 rings (SSSR count). The molecule has 1 unspecified atom stereocenters. The summed E-state index contributed by atoms with van der Waals surface area (Å²) in [5.74, 6) is -0.555. The predicted molar refractivity (Wildman–Crippen MR) is 201 cm³/mol. The van der Waals surface area contributed by atoms with Gasteiger partial charge in [0.2, 0.25) is 5.91 Å². The third-order valence-corrected chi connectivity index (χ3v) is 8.40. The molecule has 20 heteroatoms. The number of allylic oxidation sites excluding steroid dienone is 2. The number of nitrogens with one attached hydrogen (secondary N) is 2. The van der Waals surface area contributed by atoms with Crippen molar-refractivity contribution in [1.29, 1.82) is 0 Å². The Hall–Kier alpha value is -4.86. The number of ether oxygens (including phenoxy) is 3. The minimum Gasteiger partial charge on any atom is -0.744 e. The van der Waals surface area contributed by atoms with Gasteiger partial charge in [0.25, 0.3) is 29.5 Å². The molecule has 0 aromatic heterocycles. The van der Waals surface area contributed by atoms with Crippen LogP contribution in [-0.4, -0.2) is 129 Å². The van der Waals surface area contributed by atoms with Crippen molar-refractivity contribution in [2.75, 3.05) is 64.2 Å². The van der Waals surface area contributed by atoms with Crippen LogP contribution in [0.3, 0.4) is 0 Å². The molecule has 0 saturated carbocycles. The second kappa shape index (κ2) is 24.0. The summed E-state index contributed by atoms with van der Waals surface area (Å²) in [6, 6.07) is 5.68. The average Bonchev–Trinajstić information content (AvgIpc) is 3.96. The molecule has 5 aliphatic heterocycles. The third-order valence-electron chi connectivity index (χ3n) is 7.55. The minimum absolute atomic E-state index is 0. The first kappa shape index (κ1) is 48.3. The fraction of sp³-hybridized carbons (Fsp3) is 0.324. The topological polar surface area (TPSA) is 233 Å². The number of benzene rings is 1. The normalized spacial score (nSPS) is 17.8. The Morgan fingerprint density at radius 2 is 1.18 bits per heavy atom. The number of anilines is 1. The van der Waals surface area contributed by atoms with E-state index in [0.29, 0.717) is 49.6 Å². The van der Waals surface area contributed by atoms with Crippen LogP contribution in [0.15, 0.2) is 107 Å². The summed E-state index contributed by atoms with van der Waals surface area (Å²) in [4.78, 5) is 74.1. The monoisotopic (exact) mass is 818 g/mol. The molecule has 300 valence electrons. The molecular formula is C37H43N6NaO12S. The number of nitrogens with zero attached hydrogens (tertiary/aromatic N) is 4. The van der Waals surface area contributed by atoms with E-state index in [1.54, 1.807) is 12.2 Å². The molecule has 0 aliphatic carbocycles. The Morgan fingerprint density at radius 1 is 0.719 bits per heavy atom. The van der Waals surface area contributed by atoms with Crippen molar-refractivity contribution in [2.24, 2.45) is 4.99 Å². The molecule has 1 aromatic rings. The Kier molecular flexibility index (Phi) is 20.4. The van der Waals surface area contributed by atoms with Crippen molar-refractivity contribution < 1.29 is 85.5 Å². The van der Waals surface area contributed by atoms with Crippen LogP contribution in [0.2, 0.25) is 0 Å². The number of hydrogen-bond acceptors (Lipinski definition) is 14. The molecular weight excluding hydrogens is 775 g/mol. The molecule has 0 bridgehead atoms. The van der Waals surface area contributed by atoms with Gasteiger partial charge in [0, 0.05) is 59.6 Å². The zero-order chi connectivity index (χ0) is 41.3. The van der Waals surface area contributed by atoms with E-state index in [1.807, 2.05) is 6.92 Å². The van der Waals surface area contributed by atoms with Gasteiger partial charge >= 0.3 is 29.6 Å². The van der Waals surface area contributed by atoms with E-state index in [2.05, 4.69) is 35.7 Å². The van der Waals surface area contributed by atoms with Gasteiger partial charge in [0.15, 0.2) is 0 Å². The largest absolute Gasteiger partial charge is 1.00 e. The summed E-state index contributed by atoms with van der Waals surface area (Å²) in [6.07, 6.45) is 10.9. The summed E-state index contributed by atoms with van der Waals surface area (Å²) in [6.45, 7) is 14.6. The molecule has 0 spiro atoms. The smallest absolute Gasteiger partial charge is 0.744 e. The summed E-state index contributed by atoms with van der Waals surface area (Å²) < 4.78 is 48.0. The van der Waals surface area contributed by atoms with Crippen LogP contribution in [0.4, 0.5) is 5.69 Å². The minimum atomic E-state index is -4.46. The molecule has 0 radical (unpaired) electrons. The maximum Gasteiger partial charge on any atom is 1.00 e. The number of amides is 6. The van der Waals surface area contributed by atoms with Gasteiger partial charge in [0.05, 0.1) is 70.0 Å². The third kappa shape index (κ3) is 16.6. The second-order valence-electron chi connectivity index (χ2n) is 11.9. The van der Waals surface area contributed by atoms with Gasteiger partial charge in [0.1, 0.15) is 10.1 Å². The number of imide groups is 2. The molecule has 0 saturated heterocycles. The zero-order valence-corrected chi connectivity index (χ0v) is 34.7. The van der Waals surface area contributed by atoms with Crippen molar-refractivity contribution in [3.05, 3.63) is 97.4 Å². The van der Waals surface area contributed by atoms with Gasteiger partial charge in [-0.3, -0.25) is 48.5 Å². The van der Waals surface area contributed by atoms with E-state index < -0.39 is 10.1 Å². The average molecular weight is 819 g/mol. The van der Waals surface area contributed by atoms with Gasteiger partial charge in [-0.25, -0.2) is 8.42 Å². The number of aliphatic imine (C=N–C) groups is 1. The fourth-order valence-corrected chi connectivity index (χ4v) is 5.28. The number of carbonyl (C=O) groups excluding carboxylic acids is 6. The molecule has 1 aromatic carbocycles. The molecule has 57 heavy (non-hydrogen) atoms. The number of hydrogen-bond donors (Lipinski definition) is 2. The van der Waals surface area contributed by atoms with Crippen molar-refractivity contribution >= 4 is 57.1 Å². The molecule has 5 heterocycles. The molecule has 0 fully saturated rings. The van der Waals surface area contributed by atoms with E-state index >= 15 is 0 Å². The maximum absolute atomic E-state index is 11.5. The van der Waals surface area contributed by atoms with Gasteiger partial charge in [-0.2, -0.15) is 0 Å². The summed E-state index contributed by atoms with van der Waals surface area (Å²) in [5, 5.41) is 5.64. The number of carbonyl (C=O) groups is 6. The molecule has 6 amide bonds. The van der Waals surface area contributed by atoms with Crippen LogP contribution < -0.4 is 45.1 Å². The quantitative estimate of drug-likeness (QED) is 0.0856. The standard InChI is InChI=1S/C16H20N2O7.C11H9NO4S.C5H10N2.C5H5NO.Na/c19-13-1-2-14(20)17(13)5-7-23-9-11-25-12-10-24-8-6-18-15(21)3-4-16(18)22;1-8-2-7-11(13)12(8)9-3-5-10(6-4-9)17(14,15)16;1-4-3-6-5(2)7-4;1-4-2-3-5(7)6-4;/h1-4H,5-12H2;2-7H,1H2,(H,14,15,16);4H,3H2,1-2H3,(H,6,7);2-3H,1H2,(H,6,7);/q;;;;+1/p-1. The van der Waals surface area contributed by atoms with Crippen LogP contribution in [0, 0.1) is 0 Å². The van der Waals surface area contributed by atoms with Gasteiger partial charge in [-0.1, -0.05) is 13.2 Å². The van der Waals surface area contributed by atoms with Crippen LogP contribution >= 0.6 is 0 Å². The van der Waals surface area contributed by atoms with Crippen molar-refractivity contribution in [3.8, 4) is 0 Å². The first-order valence-corrected chi connectivity index (χ1v) is 18.5. The summed E-state index contributed by atoms with van der Waals surface area (Å²) >= 11 is 0. The van der Waals surface area contributed by atoms with E-state index in [4.69, 9.17) is 14.2 Å². The second-order valence-corrected chi connectivity index (χ2v) is 13.3. The van der Waals surface area contributed by atoms with Gasteiger partial charge in [-0.05, 0) is 50.3 Å². The van der Waals surface area contributed by atoms with E-state index in [0.717, 1.165) is 34.3 Å². The predicted octanol–water partition coefficient (Wildman–Crippen LogP) is -2.52. The SMILES string of the molecule is C=C1C=CC(=O)N1.C=C1C=CC(=O)N1c1ccc(S(=O)(=O)[O-])cc1.CC1=NCC(C)N1.O=C1C=CC(=O)N1CCOCCOCCOCCN1C(=O)C=CC1=O.[Na+]. The Bertz CT molecular complexity index is 1820. The van der Waals surface area contributed by atoms with Crippen LogP contribution in [-0.2, 0) is 53.1 Å². The van der Waals surface area contributed by atoms with Crippen molar-refractivity contribution in [3.63, 3.8) is 0 Å². The van der Waals surface area contributed by atoms with Crippen LogP contribution in [0.25, 0.3) is 0 Å². The van der Waals surface area contributed by atoms with E-state index in [1.165, 1.54) is 53.5 Å². The Labute approximate surface area is 352 Å². The van der Waals surface area contributed by atoms with E-state index in [-0.39, 0.29) is 96.2 Å². The molecule has 5 aliphatic rings. The van der Waals surface area contributed by atoms with Crippen LogP contribution in [0.5, 0.6) is 0 Å². The van der Waals surface area contributed by atoms with E-state index in [9.17, 15) is 41.7 Å². The molecule has 2 N–H and O–H groups in total. The van der Waals surface area contributed by atoms with Crippen LogP contribution in [0.1, 0.15) is 13.8 Å². The van der Waals surface area contributed by atoms with Gasteiger partial charge < -0.3 is 29.4 Å². The summed E-state index contributed by atoms with van der Waals surface area (Å²) in [5.41, 5.74) is 1.63. The van der Waals surface area contributed by atoms with Crippen molar-refractivity contribution in [2.45, 2.75) is 24.8 Å². The van der Waals surface area contributed by atoms with Gasteiger partial charge in [-0.15, -0.1) is 0 Å². The van der Waals surface area contributed by atoms with Crippen molar-refractivity contribution in [1.82, 2.24) is 20.4 Å². The Balaban J connectivity index is 0.000000298. The summed E-state index contributed by atoms with van der Waals surface area (Å²) in [7, 11) is -4.46. The molecule has 1 atom stereocenters. The first-order chi connectivity index (χ1) is 26.6. The fourth-order valence-electron chi connectivity index (χ4n) is 4.81. The Morgan fingerprint density at radius 3 is 1.47 bits per heavy atom. The zero-order valence-electron chi connectivity index (χ0n) is 31.9. The number of rotatable bonds is 14. The number of amidine groups is 1. The maximum atomic E-state index is 11.5. The molecule has 18 nitrogen and oxygen atoms in total.